The molecular weight excluding hydrogens is 456 g/mol. The van der Waals surface area contributed by atoms with E-state index in [-0.39, 0.29) is 10.8 Å². The number of carbonyl (C=O) groups excluding carboxylic acids is 1. The highest BCUT2D eigenvalue weighted by molar-refractivity contribution is 8.18. The maximum Gasteiger partial charge on any atom is 0.264 e. The second kappa shape index (κ2) is 8.66. The van der Waals surface area contributed by atoms with E-state index in [4.69, 9.17) is 5.14 Å². The Morgan fingerprint density at radius 3 is 2.24 bits per heavy atom. The largest absolute Gasteiger partial charge is 0.318 e. The van der Waals surface area contributed by atoms with Crippen molar-refractivity contribution in [3.8, 4) is 5.69 Å². The zero-order valence-electron chi connectivity index (χ0n) is 18.7. The van der Waals surface area contributed by atoms with Gasteiger partial charge >= 0.3 is 0 Å². The summed E-state index contributed by atoms with van der Waals surface area (Å²) in [7, 11) is -3.75. The van der Waals surface area contributed by atoms with Gasteiger partial charge in [-0.25, -0.2) is 18.5 Å². The van der Waals surface area contributed by atoms with Crippen molar-refractivity contribution in [3.05, 3.63) is 81.5 Å². The number of rotatable bonds is 4. The molecule has 0 atom stereocenters. The molecule has 33 heavy (non-hydrogen) atoms. The van der Waals surface area contributed by atoms with Gasteiger partial charge in [-0.3, -0.25) is 4.79 Å². The monoisotopic (exact) mass is 480 g/mol. The summed E-state index contributed by atoms with van der Waals surface area (Å²) < 4.78 is 25.1. The Kier molecular flexibility index (Phi) is 6.04. The van der Waals surface area contributed by atoms with E-state index in [1.54, 1.807) is 12.1 Å². The molecule has 2 aromatic carbocycles. The molecule has 1 aliphatic rings. The van der Waals surface area contributed by atoms with Crippen LogP contribution in [0.3, 0.4) is 0 Å². The lowest BCUT2D eigenvalue weighted by Crippen LogP contribution is -2.19. The van der Waals surface area contributed by atoms with Crippen LogP contribution in [0.2, 0.25) is 0 Å². The number of aromatic nitrogens is 1. The summed E-state index contributed by atoms with van der Waals surface area (Å²) in [6.45, 7) is 7.94. The number of benzene rings is 2. The molecule has 3 N–H and O–H groups in total. The fraction of sp³-hybridized carbons (Fsp3) is 0.167. The number of nitrogens with two attached hydrogens (primary N) is 1. The number of hydrogen-bond donors (Lipinski definition) is 2. The number of aryl methyl sites for hydroxylation is 3. The Hall–Kier alpha value is -3.14. The van der Waals surface area contributed by atoms with E-state index in [0.717, 1.165) is 39.5 Å². The molecular formula is C24H24N4O3S2. The molecule has 170 valence electrons. The van der Waals surface area contributed by atoms with Crippen LogP contribution in [0.15, 0.2) is 63.3 Å². The normalized spacial score (nSPS) is 16.6. The summed E-state index contributed by atoms with van der Waals surface area (Å²) in [5.74, 6) is -0.189. The van der Waals surface area contributed by atoms with Gasteiger partial charge < -0.3 is 9.88 Å². The van der Waals surface area contributed by atoms with Gasteiger partial charge in [-0.05, 0) is 105 Å². The molecule has 1 saturated heterocycles. The first-order chi connectivity index (χ1) is 15.5. The maximum absolute atomic E-state index is 12.6. The fourth-order valence-electron chi connectivity index (χ4n) is 3.87. The SMILES string of the molecule is Cc1cc(C)cc(N=C2NC(=O)/C(=C/c3cc(C)n(-c4ccc(S(N)(=O)=O)cc4)c3C)S2)c1. The van der Waals surface area contributed by atoms with Crippen molar-refractivity contribution in [1.29, 1.82) is 0 Å². The number of primary sulfonamides is 1. The molecule has 4 rings (SSSR count). The number of carbonyl (C=O) groups is 1. The highest BCUT2D eigenvalue weighted by atomic mass is 32.2. The van der Waals surface area contributed by atoms with E-state index in [1.165, 1.54) is 23.9 Å². The number of hydrogen-bond acceptors (Lipinski definition) is 5. The van der Waals surface area contributed by atoms with Gasteiger partial charge in [0, 0.05) is 17.1 Å². The third kappa shape index (κ3) is 4.95. The molecule has 1 fully saturated rings. The Bertz CT molecular complexity index is 1410. The second-order valence-corrected chi connectivity index (χ2v) is 10.6. The first-order valence-electron chi connectivity index (χ1n) is 10.2. The highest BCUT2D eigenvalue weighted by Gasteiger charge is 2.24. The van der Waals surface area contributed by atoms with Crippen molar-refractivity contribution in [1.82, 2.24) is 9.88 Å². The van der Waals surface area contributed by atoms with Crippen molar-refractivity contribution in [2.45, 2.75) is 32.6 Å². The molecule has 0 saturated carbocycles. The Morgan fingerprint density at radius 1 is 1.00 bits per heavy atom. The Balaban J connectivity index is 1.63. The number of thioether (sulfide) groups is 1. The summed E-state index contributed by atoms with van der Waals surface area (Å²) in [4.78, 5) is 17.8. The van der Waals surface area contributed by atoms with Crippen molar-refractivity contribution >= 4 is 44.6 Å². The van der Waals surface area contributed by atoms with Gasteiger partial charge in [0.15, 0.2) is 5.17 Å². The zero-order valence-corrected chi connectivity index (χ0v) is 20.3. The summed E-state index contributed by atoms with van der Waals surface area (Å²) >= 11 is 1.31. The van der Waals surface area contributed by atoms with Gasteiger partial charge in [-0.2, -0.15) is 0 Å². The summed E-state index contributed by atoms with van der Waals surface area (Å²) in [6.07, 6.45) is 1.85. The van der Waals surface area contributed by atoms with Crippen LogP contribution < -0.4 is 10.5 Å². The predicted molar refractivity (Wildman–Crippen MR) is 133 cm³/mol. The third-order valence-electron chi connectivity index (χ3n) is 5.27. The lowest BCUT2D eigenvalue weighted by atomic mass is 10.1. The van der Waals surface area contributed by atoms with Crippen LogP contribution >= 0.6 is 11.8 Å². The van der Waals surface area contributed by atoms with Gasteiger partial charge in [0.2, 0.25) is 10.0 Å². The van der Waals surface area contributed by atoms with E-state index in [0.29, 0.717) is 10.1 Å². The van der Waals surface area contributed by atoms with E-state index in [2.05, 4.69) is 16.4 Å². The molecule has 0 radical (unpaired) electrons. The Labute approximate surface area is 197 Å². The van der Waals surface area contributed by atoms with Crippen molar-refractivity contribution < 1.29 is 13.2 Å². The summed E-state index contributed by atoms with van der Waals surface area (Å²) in [5.41, 5.74) is 6.62. The molecule has 0 unspecified atom stereocenters. The third-order valence-corrected chi connectivity index (χ3v) is 7.11. The lowest BCUT2D eigenvalue weighted by molar-refractivity contribution is -0.115. The van der Waals surface area contributed by atoms with Crippen LogP contribution in [0, 0.1) is 27.7 Å². The fourth-order valence-corrected chi connectivity index (χ4v) is 5.22. The highest BCUT2D eigenvalue weighted by Crippen LogP contribution is 2.31. The minimum absolute atomic E-state index is 0.0608. The van der Waals surface area contributed by atoms with E-state index in [9.17, 15) is 13.2 Å². The number of sulfonamides is 1. The molecule has 0 bridgehead atoms. The molecule has 0 spiro atoms. The van der Waals surface area contributed by atoms with Crippen LogP contribution in [0.25, 0.3) is 11.8 Å². The zero-order chi connectivity index (χ0) is 23.9. The first kappa shape index (κ1) is 23.0. The Morgan fingerprint density at radius 2 is 1.64 bits per heavy atom. The molecule has 9 heteroatoms. The number of amidine groups is 1. The van der Waals surface area contributed by atoms with Crippen molar-refractivity contribution in [2.75, 3.05) is 0 Å². The molecule has 3 aromatic rings. The molecule has 7 nitrogen and oxygen atoms in total. The predicted octanol–water partition coefficient (Wildman–Crippen LogP) is 4.25. The van der Waals surface area contributed by atoms with Crippen molar-refractivity contribution in [2.24, 2.45) is 10.1 Å². The average Bonchev–Trinajstić information content (AvgIpc) is 3.18. The average molecular weight is 481 g/mol. The van der Waals surface area contributed by atoms with E-state index < -0.39 is 10.0 Å². The first-order valence-corrected chi connectivity index (χ1v) is 12.6. The number of amides is 1. The van der Waals surface area contributed by atoms with Gasteiger partial charge in [-0.1, -0.05) is 6.07 Å². The van der Waals surface area contributed by atoms with Crippen LogP contribution in [0.4, 0.5) is 5.69 Å². The standard InChI is InChI=1S/C24H24N4O3S2/c1-14-9-15(2)11-19(10-14)26-24-27-23(29)22(32-24)13-18-12-16(3)28(17(18)4)20-5-7-21(8-6-20)33(25,30)31/h5-13H,1-4H3,(H2,25,30,31)(H,26,27,29)/b22-13-. The van der Waals surface area contributed by atoms with Crippen LogP contribution in [-0.4, -0.2) is 24.1 Å². The quantitative estimate of drug-likeness (QED) is 0.545. The minimum Gasteiger partial charge on any atom is -0.318 e. The number of aliphatic imine (C=N–C) groups is 1. The van der Waals surface area contributed by atoms with Gasteiger partial charge in [-0.15, -0.1) is 0 Å². The number of nitrogens with one attached hydrogen (secondary N) is 1. The summed E-state index contributed by atoms with van der Waals surface area (Å²) in [6, 6.07) is 14.4. The van der Waals surface area contributed by atoms with Gasteiger partial charge in [0.25, 0.3) is 5.91 Å². The maximum atomic E-state index is 12.6. The van der Waals surface area contributed by atoms with E-state index in [1.807, 2.05) is 56.5 Å². The molecule has 0 aliphatic carbocycles. The summed E-state index contributed by atoms with van der Waals surface area (Å²) in [5, 5.41) is 8.58. The second-order valence-electron chi connectivity index (χ2n) is 8.03. The smallest absolute Gasteiger partial charge is 0.264 e. The molecule has 1 aromatic heterocycles. The minimum atomic E-state index is -3.75. The molecule has 1 amide bonds. The van der Waals surface area contributed by atoms with Gasteiger partial charge in [0.05, 0.1) is 15.5 Å². The van der Waals surface area contributed by atoms with Crippen LogP contribution in [-0.2, 0) is 14.8 Å². The number of nitrogens with zero attached hydrogens (tertiary/aromatic N) is 2. The lowest BCUT2D eigenvalue weighted by Gasteiger charge is -2.10. The topological polar surface area (TPSA) is 107 Å². The van der Waals surface area contributed by atoms with Crippen LogP contribution in [0.5, 0.6) is 0 Å². The van der Waals surface area contributed by atoms with Crippen molar-refractivity contribution in [3.63, 3.8) is 0 Å². The van der Waals surface area contributed by atoms with Crippen LogP contribution in [0.1, 0.15) is 28.1 Å². The molecule has 1 aliphatic heterocycles. The van der Waals surface area contributed by atoms with E-state index >= 15 is 0 Å². The molecule has 2 heterocycles. The van der Waals surface area contributed by atoms with Gasteiger partial charge in [0.1, 0.15) is 0 Å².